The second kappa shape index (κ2) is 3.97. The Morgan fingerprint density at radius 1 is 1.21 bits per heavy atom. The molecule has 2 heteroatoms. The predicted molar refractivity (Wildman–Crippen MR) is 57.7 cm³/mol. The van der Waals surface area contributed by atoms with Crippen LogP contribution in [0.1, 0.15) is 29.6 Å². The summed E-state index contributed by atoms with van der Waals surface area (Å²) < 4.78 is 0. The lowest BCUT2D eigenvalue weighted by Crippen LogP contribution is -2.00. The second-order valence-electron chi connectivity index (χ2n) is 3.46. The van der Waals surface area contributed by atoms with Gasteiger partial charge in [0.15, 0.2) is 5.78 Å². The van der Waals surface area contributed by atoms with Crippen LogP contribution in [0.4, 0.5) is 0 Å². The lowest BCUT2D eigenvalue weighted by atomic mass is 10.0. The predicted octanol–water partition coefficient (Wildman–Crippen LogP) is 3.63. The van der Waals surface area contributed by atoms with E-state index in [0.29, 0.717) is 5.02 Å². The summed E-state index contributed by atoms with van der Waals surface area (Å²) in [6.45, 7) is 0. The highest BCUT2D eigenvalue weighted by atomic mass is 35.5. The van der Waals surface area contributed by atoms with Gasteiger partial charge in [0.1, 0.15) is 0 Å². The van der Waals surface area contributed by atoms with Gasteiger partial charge in [0.2, 0.25) is 0 Å². The number of ketones is 1. The molecule has 0 fully saturated rings. The summed E-state index contributed by atoms with van der Waals surface area (Å²) in [5, 5.41) is 0.668. The Hall–Kier alpha value is -1.08. The van der Waals surface area contributed by atoms with Crippen LogP contribution < -0.4 is 0 Å². The Kier molecular flexibility index (Phi) is 2.69. The Balaban J connectivity index is 2.22. The fourth-order valence-electron chi connectivity index (χ4n) is 1.66. The molecule has 1 nitrogen and oxygen atoms in total. The molecule has 0 spiro atoms. The molecule has 0 heterocycles. The molecular formula is C12H11ClO. The van der Waals surface area contributed by atoms with Crippen LogP contribution in [0.5, 0.6) is 0 Å². The molecule has 0 N–H and O–H groups in total. The highest BCUT2D eigenvalue weighted by Gasteiger charge is 2.14. The summed E-state index contributed by atoms with van der Waals surface area (Å²) in [7, 11) is 0. The maximum absolute atomic E-state index is 11.8. The van der Waals surface area contributed by atoms with E-state index in [4.69, 9.17) is 11.6 Å². The average molecular weight is 207 g/mol. The van der Waals surface area contributed by atoms with Crippen molar-refractivity contribution in [3.05, 3.63) is 46.5 Å². The molecule has 2 rings (SSSR count). The highest BCUT2D eigenvalue weighted by Crippen LogP contribution is 2.22. The molecule has 1 aromatic rings. The van der Waals surface area contributed by atoms with Gasteiger partial charge in [-0.25, -0.2) is 0 Å². The number of hydrogen-bond donors (Lipinski definition) is 0. The fourth-order valence-corrected chi connectivity index (χ4v) is 1.79. The third kappa shape index (κ3) is 1.88. The van der Waals surface area contributed by atoms with Crippen LogP contribution in [0, 0.1) is 0 Å². The summed E-state index contributed by atoms with van der Waals surface area (Å²) in [5.41, 5.74) is 1.69. The number of carbonyl (C=O) groups excluding carboxylic acids is 1. The third-order valence-electron chi connectivity index (χ3n) is 2.44. The van der Waals surface area contributed by atoms with Crippen LogP contribution in [-0.4, -0.2) is 5.78 Å². The number of carbonyl (C=O) groups is 1. The van der Waals surface area contributed by atoms with E-state index >= 15 is 0 Å². The first kappa shape index (κ1) is 9.47. The van der Waals surface area contributed by atoms with Crippen molar-refractivity contribution in [1.82, 2.24) is 0 Å². The van der Waals surface area contributed by atoms with Gasteiger partial charge in [-0.05, 0) is 49.1 Å². The van der Waals surface area contributed by atoms with E-state index in [1.54, 1.807) is 24.3 Å². The molecule has 14 heavy (non-hydrogen) atoms. The summed E-state index contributed by atoms with van der Waals surface area (Å²) in [6, 6.07) is 7.07. The first-order chi connectivity index (χ1) is 6.77. The zero-order valence-corrected chi connectivity index (χ0v) is 8.55. The number of halogens is 1. The smallest absolute Gasteiger partial charge is 0.188 e. The number of benzene rings is 1. The molecule has 1 aromatic carbocycles. The van der Waals surface area contributed by atoms with Gasteiger partial charge in [-0.1, -0.05) is 17.7 Å². The first-order valence-corrected chi connectivity index (χ1v) is 5.14. The van der Waals surface area contributed by atoms with Gasteiger partial charge in [0, 0.05) is 10.6 Å². The van der Waals surface area contributed by atoms with E-state index in [2.05, 4.69) is 0 Å². The van der Waals surface area contributed by atoms with Crippen molar-refractivity contribution < 1.29 is 4.79 Å². The lowest BCUT2D eigenvalue weighted by Gasteiger charge is -2.01. The third-order valence-corrected chi connectivity index (χ3v) is 2.69. The van der Waals surface area contributed by atoms with Gasteiger partial charge in [-0.3, -0.25) is 4.79 Å². The van der Waals surface area contributed by atoms with Crippen molar-refractivity contribution in [2.24, 2.45) is 0 Å². The van der Waals surface area contributed by atoms with Gasteiger partial charge >= 0.3 is 0 Å². The molecule has 1 aliphatic rings. The zero-order valence-electron chi connectivity index (χ0n) is 7.79. The van der Waals surface area contributed by atoms with E-state index in [0.717, 1.165) is 30.4 Å². The van der Waals surface area contributed by atoms with Gasteiger partial charge in [-0.2, -0.15) is 0 Å². The van der Waals surface area contributed by atoms with Crippen molar-refractivity contribution in [2.45, 2.75) is 19.3 Å². The van der Waals surface area contributed by atoms with Crippen molar-refractivity contribution in [3.63, 3.8) is 0 Å². The topological polar surface area (TPSA) is 17.1 Å². The first-order valence-electron chi connectivity index (χ1n) is 4.76. The Morgan fingerprint density at radius 2 is 1.93 bits per heavy atom. The van der Waals surface area contributed by atoms with E-state index in [1.165, 1.54) is 0 Å². The molecule has 1 aliphatic carbocycles. The monoisotopic (exact) mass is 206 g/mol. The molecule has 72 valence electrons. The van der Waals surface area contributed by atoms with Crippen LogP contribution in [0.2, 0.25) is 5.02 Å². The molecule has 0 radical (unpaired) electrons. The van der Waals surface area contributed by atoms with Gasteiger partial charge in [-0.15, -0.1) is 0 Å². The molecule has 0 aromatic heterocycles. The average Bonchev–Trinajstić information content (AvgIpc) is 2.71. The minimum absolute atomic E-state index is 0.152. The van der Waals surface area contributed by atoms with Gasteiger partial charge in [0.25, 0.3) is 0 Å². The minimum Gasteiger partial charge on any atom is -0.289 e. The number of hydrogen-bond acceptors (Lipinski definition) is 1. The molecular weight excluding hydrogens is 196 g/mol. The van der Waals surface area contributed by atoms with Gasteiger partial charge in [0.05, 0.1) is 0 Å². The van der Waals surface area contributed by atoms with Crippen LogP contribution in [0.15, 0.2) is 35.9 Å². The Bertz CT molecular complexity index is 376. The van der Waals surface area contributed by atoms with Crippen LogP contribution in [0.3, 0.4) is 0 Å². The van der Waals surface area contributed by atoms with E-state index in [-0.39, 0.29) is 5.78 Å². The molecule has 0 unspecified atom stereocenters. The zero-order chi connectivity index (χ0) is 9.97. The number of Topliss-reactive ketones (excluding diaryl/α,β-unsaturated/α-hetero) is 1. The maximum atomic E-state index is 11.8. The quantitative estimate of drug-likeness (QED) is 0.676. The SMILES string of the molecule is O=C(C1=CCCC1)c1ccc(Cl)cc1. The van der Waals surface area contributed by atoms with Crippen molar-refractivity contribution in [2.75, 3.05) is 0 Å². The Morgan fingerprint density at radius 3 is 2.50 bits per heavy atom. The minimum atomic E-state index is 0.152. The highest BCUT2D eigenvalue weighted by molar-refractivity contribution is 6.30. The van der Waals surface area contributed by atoms with Gasteiger partial charge < -0.3 is 0 Å². The molecule has 0 bridgehead atoms. The lowest BCUT2D eigenvalue weighted by molar-refractivity contribution is 0.103. The Labute approximate surface area is 88.4 Å². The van der Waals surface area contributed by atoms with E-state index in [1.807, 2.05) is 6.08 Å². The van der Waals surface area contributed by atoms with Crippen LogP contribution in [-0.2, 0) is 0 Å². The number of allylic oxidation sites excluding steroid dienone is 2. The molecule has 0 atom stereocenters. The molecule has 0 saturated heterocycles. The molecule has 0 saturated carbocycles. The maximum Gasteiger partial charge on any atom is 0.188 e. The second-order valence-corrected chi connectivity index (χ2v) is 3.89. The standard InChI is InChI=1S/C12H11ClO/c13-11-7-5-10(6-8-11)12(14)9-3-1-2-4-9/h3,5-8H,1-2,4H2. The van der Waals surface area contributed by atoms with Crippen molar-refractivity contribution >= 4 is 17.4 Å². The normalized spacial score (nSPS) is 15.4. The van der Waals surface area contributed by atoms with Crippen LogP contribution >= 0.6 is 11.6 Å². The van der Waals surface area contributed by atoms with Crippen LogP contribution in [0.25, 0.3) is 0 Å². The van der Waals surface area contributed by atoms with E-state index < -0.39 is 0 Å². The summed E-state index contributed by atoms with van der Waals surface area (Å²) >= 11 is 5.75. The summed E-state index contributed by atoms with van der Waals surface area (Å²) in [5.74, 6) is 0.152. The van der Waals surface area contributed by atoms with Crippen molar-refractivity contribution in [3.8, 4) is 0 Å². The number of rotatable bonds is 2. The molecule has 0 amide bonds. The van der Waals surface area contributed by atoms with Crippen molar-refractivity contribution in [1.29, 1.82) is 0 Å². The summed E-state index contributed by atoms with van der Waals surface area (Å²) in [4.78, 5) is 11.8. The fraction of sp³-hybridized carbons (Fsp3) is 0.250. The summed E-state index contributed by atoms with van der Waals surface area (Å²) in [6.07, 6.45) is 5.10. The largest absolute Gasteiger partial charge is 0.289 e. The van der Waals surface area contributed by atoms with E-state index in [9.17, 15) is 4.79 Å². The molecule has 0 aliphatic heterocycles.